The summed E-state index contributed by atoms with van der Waals surface area (Å²) in [6, 6.07) is 11.6. The van der Waals surface area contributed by atoms with Gasteiger partial charge in [0.15, 0.2) is 10.2 Å². The average Bonchev–Trinajstić information content (AvgIpc) is 3.25. The van der Waals surface area contributed by atoms with Gasteiger partial charge in [0.2, 0.25) is 5.91 Å². The number of benzene rings is 1. The van der Waals surface area contributed by atoms with Gasteiger partial charge >= 0.3 is 0 Å². The highest BCUT2D eigenvalue weighted by atomic mass is 32.1. The lowest BCUT2D eigenvalue weighted by Crippen LogP contribution is -2.32. The van der Waals surface area contributed by atoms with Crippen molar-refractivity contribution in [3.63, 3.8) is 0 Å². The molecule has 2 N–H and O–H groups in total. The van der Waals surface area contributed by atoms with Gasteiger partial charge in [0.05, 0.1) is 12.0 Å². The fraction of sp³-hybridized carbons (Fsp3) is 0.0556. The smallest absolute Gasteiger partial charge is 0.250 e. The van der Waals surface area contributed by atoms with Crippen LogP contribution in [0, 0.1) is 6.92 Å². The number of hydrogen-bond donors (Lipinski definition) is 2. The van der Waals surface area contributed by atoms with Crippen molar-refractivity contribution >= 4 is 45.8 Å². The minimum Gasteiger partial charge on any atom is -0.465 e. The molecule has 5 nitrogen and oxygen atoms in total. The van der Waals surface area contributed by atoms with Crippen molar-refractivity contribution in [2.45, 2.75) is 6.92 Å². The number of thiazole rings is 1. The maximum absolute atomic E-state index is 11.8. The van der Waals surface area contributed by atoms with Crippen molar-refractivity contribution in [2.24, 2.45) is 0 Å². The Hall–Kier alpha value is -2.77. The van der Waals surface area contributed by atoms with E-state index in [0.717, 1.165) is 11.3 Å². The fourth-order valence-electron chi connectivity index (χ4n) is 2.01. The zero-order valence-electron chi connectivity index (χ0n) is 13.4. The molecule has 3 rings (SSSR count). The summed E-state index contributed by atoms with van der Waals surface area (Å²) >= 11 is 6.56. The zero-order valence-corrected chi connectivity index (χ0v) is 15.0. The van der Waals surface area contributed by atoms with E-state index < -0.39 is 0 Å². The van der Waals surface area contributed by atoms with Crippen LogP contribution in [-0.2, 0) is 4.79 Å². The Labute approximate surface area is 154 Å². The van der Waals surface area contributed by atoms with Gasteiger partial charge in [-0.15, -0.1) is 11.3 Å². The maximum atomic E-state index is 11.8. The molecule has 0 aliphatic carbocycles. The van der Waals surface area contributed by atoms with Crippen LogP contribution in [0.3, 0.4) is 0 Å². The van der Waals surface area contributed by atoms with Crippen molar-refractivity contribution in [3.8, 4) is 11.3 Å². The van der Waals surface area contributed by atoms with Crippen LogP contribution in [0.5, 0.6) is 0 Å². The Morgan fingerprint density at radius 1 is 1.28 bits per heavy atom. The number of thiocarbonyl (C=S) groups is 1. The van der Waals surface area contributed by atoms with Gasteiger partial charge in [0, 0.05) is 17.0 Å². The number of hydrogen-bond acceptors (Lipinski definition) is 5. The van der Waals surface area contributed by atoms with E-state index >= 15 is 0 Å². The van der Waals surface area contributed by atoms with Gasteiger partial charge in [0.25, 0.3) is 0 Å². The monoisotopic (exact) mass is 369 g/mol. The van der Waals surface area contributed by atoms with E-state index in [1.165, 1.54) is 29.2 Å². The Morgan fingerprint density at radius 2 is 2.08 bits per heavy atom. The van der Waals surface area contributed by atoms with Gasteiger partial charge in [-0.05, 0) is 37.4 Å². The van der Waals surface area contributed by atoms with Gasteiger partial charge in [0.1, 0.15) is 5.76 Å². The molecule has 0 bridgehead atoms. The minimum absolute atomic E-state index is 0.193. The number of nitrogens with zero attached hydrogens (tertiary/aromatic N) is 1. The van der Waals surface area contributed by atoms with Crippen LogP contribution in [0.4, 0.5) is 5.13 Å². The van der Waals surface area contributed by atoms with E-state index in [2.05, 4.69) is 15.6 Å². The van der Waals surface area contributed by atoms with Crippen LogP contribution < -0.4 is 10.6 Å². The summed E-state index contributed by atoms with van der Waals surface area (Å²) in [7, 11) is 0. The topological polar surface area (TPSA) is 67.2 Å². The molecule has 0 unspecified atom stereocenters. The molecule has 25 heavy (non-hydrogen) atoms. The van der Waals surface area contributed by atoms with Gasteiger partial charge in [-0.1, -0.05) is 29.8 Å². The second-order valence-corrected chi connectivity index (χ2v) is 6.46. The van der Waals surface area contributed by atoms with E-state index in [-0.39, 0.29) is 11.0 Å². The Morgan fingerprint density at radius 3 is 2.80 bits per heavy atom. The van der Waals surface area contributed by atoms with Crippen LogP contribution in [-0.4, -0.2) is 16.0 Å². The van der Waals surface area contributed by atoms with Gasteiger partial charge in [-0.25, -0.2) is 4.98 Å². The normalized spacial score (nSPS) is 10.8. The van der Waals surface area contributed by atoms with Crippen molar-refractivity contribution < 1.29 is 9.21 Å². The van der Waals surface area contributed by atoms with Gasteiger partial charge in [-0.3, -0.25) is 10.1 Å². The van der Waals surface area contributed by atoms with Crippen molar-refractivity contribution in [1.29, 1.82) is 0 Å². The standard InChI is InChI=1S/C18H15N3O2S2/c1-12-4-6-13(7-5-12)15-11-25-18(19-15)21-17(24)20-16(22)9-8-14-3-2-10-23-14/h2-11H,1H3,(H2,19,20,21,22,24). The molecule has 0 atom stereocenters. The summed E-state index contributed by atoms with van der Waals surface area (Å²) in [5.41, 5.74) is 3.09. The van der Waals surface area contributed by atoms with E-state index in [9.17, 15) is 4.79 Å². The van der Waals surface area contributed by atoms with Crippen molar-refractivity contribution in [1.82, 2.24) is 10.3 Å². The number of aromatic nitrogens is 1. The highest BCUT2D eigenvalue weighted by Crippen LogP contribution is 2.25. The largest absolute Gasteiger partial charge is 0.465 e. The van der Waals surface area contributed by atoms with E-state index in [0.29, 0.717) is 10.9 Å². The molecule has 2 aromatic heterocycles. The van der Waals surface area contributed by atoms with Crippen LogP contribution in [0.2, 0.25) is 0 Å². The van der Waals surface area contributed by atoms with E-state index in [1.807, 2.05) is 36.6 Å². The SMILES string of the molecule is Cc1ccc(-c2csc(NC(=S)NC(=O)C=Cc3ccco3)n2)cc1. The second-order valence-electron chi connectivity index (χ2n) is 5.20. The Balaban J connectivity index is 1.56. The summed E-state index contributed by atoms with van der Waals surface area (Å²) < 4.78 is 5.11. The summed E-state index contributed by atoms with van der Waals surface area (Å²) in [4.78, 5) is 16.3. The zero-order chi connectivity index (χ0) is 17.6. The van der Waals surface area contributed by atoms with Crippen LogP contribution in [0.15, 0.2) is 58.5 Å². The Bertz CT molecular complexity index is 897. The molecule has 0 aliphatic rings. The highest BCUT2D eigenvalue weighted by Gasteiger charge is 2.07. The molecule has 0 aliphatic heterocycles. The molecule has 2 heterocycles. The number of amides is 1. The molecule has 0 spiro atoms. The third-order valence-electron chi connectivity index (χ3n) is 3.25. The first-order valence-corrected chi connectivity index (χ1v) is 8.75. The van der Waals surface area contributed by atoms with E-state index in [4.69, 9.17) is 16.6 Å². The second kappa shape index (κ2) is 7.87. The first-order valence-electron chi connectivity index (χ1n) is 7.46. The molecular weight excluding hydrogens is 354 g/mol. The lowest BCUT2D eigenvalue weighted by atomic mass is 10.1. The summed E-state index contributed by atoms with van der Waals surface area (Å²) in [5, 5.41) is 8.24. The van der Waals surface area contributed by atoms with Crippen LogP contribution >= 0.6 is 23.6 Å². The lowest BCUT2D eigenvalue weighted by molar-refractivity contribution is -0.115. The molecule has 0 saturated carbocycles. The average molecular weight is 369 g/mol. The maximum Gasteiger partial charge on any atom is 0.250 e. The molecule has 1 aromatic carbocycles. The third-order valence-corrected chi connectivity index (χ3v) is 4.21. The molecule has 3 aromatic rings. The quantitative estimate of drug-likeness (QED) is 0.532. The predicted octanol–water partition coefficient (Wildman–Crippen LogP) is 4.24. The number of rotatable bonds is 4. The van der Waals surface area contributed by atoms with Gasteiger partial charge < -0.3 is 9.73 Å². The lowest BCUT2D eigenvalue weighted by Gasteiger charge is -2.04. The summed E-state index contributed by atoms with van der Waals surface area (Å²) in [5.74, 6) is 0.251. The molecule has 0 fully saturated rings. The van der Waals surface area contributed by atoms with Crippen LogP contribution in [0.25, 0.3) is 17.3 Å². The molecule has 0 saturated heterocycles. The summed E-state index contributed by atoms with van der Waals surface area (Å²) in [6.45, 7) is 2.04. The highest BCUT2D eigenvalue weighted by molar-refractivity contribution is 7.80. The molecule has 126 valence electrons. The first-order chi connectivity index (χ1) is 12.1. The number of carbonyl (C=O) groups is 1. The number of nitrogens with one attached hydrogen (secondary N) is 2. The molecule has 7 heteroatoms. The first kappa shape index (κ1) is 17.1. The van der Waals surface area contributed by atoms with Crippen LogP contribution in [0.1, 0.15) is 11.3 Å². The van der Waals surface area contributed by atoms with Crippen molar-refractivity contribution in [3.05, 3.63) is 65.4 Å². The predicted molar refractivity (Wildman–Crippen MR) is 104 cm³/mol. The van der Waals surface area contributed by atoms with Crippen molar-refractivity contribution in [2.75, 3.05) is 5.32 Å². The number of carbonyl (C=O) groups excluding carboxylic acids is 1. The number of anilines is 1. The summed E-state index contributed by atoms with van der Waals surface area (Å²) in [6.07, 6.45) is 4.46. The Kier molecular flexibility index (Phi) is 5.37. The molecule has 1 amide bonds. The molecule has 0 radical (unpaired) electrons. The third kappa shape index (κ3) is 4.85. The number of furan rings is 1. The van der Waals surface area contributed by atoms with Gasteiger partial charge in [-0.2, -0.15) is 0 Å². The fourth-order valence-corrected chi connectivity index (χ4v) is 3.00. The minimum atomic E-state index is -0.343. The van der Waals surface area contributed by atoms with E-state index in [1.54, 1.807) is 18.2 Å². The number of aryl methyl sites for hydroxylation is 1. The molecular formula is C18H15N3O2S2.